The number of rotatable bonds is 10. The fourth-order valence-electron chi connectivity index (χ4n) is 4.73. The van der Waals surface area contributed by atoms with Crippen LogP contribution < -0.4 is 5.69 Å². The molecule has 5 aromatic rings. The van der Waals surface area contributed by atoms with E-state index in [-0.39, 0.29) is 5.69 Å². The van der Waals surface area contributed by atoms with Crippen molar-refractivity contribution in [2.45, 2.75) is 52.5 Å². The van der Waals surface area contributed by atoms with E-state index in [0.717, 1.165) is 65.7 Å². The number of pyridine rings is 1. The fourth-order valence-corrected chi connectivity index (χ4v) is 4.73. The molecular formula is C29H31N7O. The molecule has 0 aliphatic carbocycles. The lowest BCUT2D eigenvalue weighted by Crippen LogP contribution is -2.25. The summed E-state index contributed by atoms with van der Waals surface area (Å²) < 4.78 is 3.75. The van der Waals surface area contributed by atoms with Gasteiger partial charge in [0, 0.05) is 29.8 Å². The van der Waals surface area contributed by atoms with E-state index < -0.39 is 0 Å². The number of nitrogens with one attached hydrogen (secondary N) is 1. The zero-order valence-electron chi connectivity index (χ0n) is 21.3. The Morgan fingerprint density at radius 2 is 1.76 bits per heavy atom. The van der Waals surface area contributed by atoms with E-state index in [1.165, 1.54) is 5.56 Å². The summed E-state index contributed by atoms with van der Waals surface area (Å²) in [6.07, 6.45) is 10.5. The second kappa shape index (κ2) is 11.2. The molecule has 0 aliphatic rings. The van der Waals surface area contributed by atoms with Crippen molar-refractivity contribution in [2.24, 2.45) is 0 Å². The Morgan fingerprint density at radius 3 is 2.51 bits per heavy atom. The number of benzene rings is 2. The average molecular weight is 494 g/mol. The Kier molecular flexibility index (Phi) is 7.35. The largest absolute Gasteiger partial charge is 0.333 e. The van der Waals surface area contributed by atoms with Crippen molar-refractivity contribution in [2.75, 3.05) is 0 Å². The zero-order valence-corrected chi connectivity index (χ0v) is 21.3. The van der Waals surface area contributed by atoms with Crippen molar-refractivity contribution in [1.82, 2.24) is 34.7 Å². The molecule has 0 saturated carbocycles. The second-order valence-corrected chi connectivity index (χ2v) is 9.20. The van der Waals surface area contributed by atoms with Crippen LogP contribution in [0.4, 0.5) is 0 Å². The number of aryl methyl sites for hydroxylation is 2. The molecule has 3 heterocycles. The maximum absolute atomic E-state index is 13.7. The van der Waals surface area contributed by atoms with Gasteiger partial charge in [0.1, 0.15) is 0 Å². The van der Waals surface area contributed by atoms with Gasteiger partial charge in [0.2, 0.25) is 5.82 Å². The zero-order chi connectivity index (χ0) is 25.6. The van der Waals surface area contributed by atoms with Gasteiger partial charge in [-0.3, -0.25) is 14.1 Å². The molecule has 0 aliphatic heterocycles. The number of hydrogen-bond acceptors (Lipinski definition) is 5. The van der Waals surface area contributed by atoms with Crippen molar-refractivity contribution in [3.63, 3.8) is 0 Å². The van der Waals surface area contributed by atoms with E-state index in [4.69, 9.17) is 0 Å². The van der Waals surface area contributed by atoms with Gasteiger partial charge in [0.05, 0.1) is 12.2 Å². The fraction of sp³-hybridized carbons (Fsp3) is 0.276. The molecule has 8 nitrogen and oxygen atoms in total. The third-order valence-electron chi connectivity index (χ3n) is 6.63. The molecule has 188 valence electrons. The van der Waals surface area contributed by atoms with Crippen LogP contribution in [-0.4, -0.2) is 34.7 Å². The summed E-state index contributed by atoms with van der Waals surface area (Å²) in [4.78, 5) is 17.9. The van der Waals surface area contributed by atoms with Crippen molar-refractivity contribution < 1.29 is 0 Å². The second-order valence-electron chi connectivity index (χ2n) is 9.20. The summed E-state index contributed by atoms with van der Waals surface area (Å²) in [6.45, 7) is 4.87. The molecule has 0 fully saturated rings. The number of hydrogen-bond donors (Lipinski definition) is 1. The standard InChI is InChI=1S/C29H31N7O/c1-3-5-10-24-20-36(27-11-7-6-9-23(27)8-4-2)29(37)35(24)19-21-12-14-22(15-13-21)25-16-17-30-18-26(25)28-31-33-34-32-28/h6-7,9,11-18,20H,3-5,8,10,19H2,1-2H3,(H,31,32,33,34). The highest BCUT2D eigenvalue weighted by atomic mass is 16.1. The van der Waals surface area contributed by atoms with E-state index in [0.29, 0.717) is 12.4 Å². The maximum Gasteiger partial charge on any atom is 0.333 e. The SMILES string of the molecule is CCCCc1cn(-c2ccccc2CCC)c(=O)n1Cc1ccc(-c2ccncc2-c2nn[nH]n2)cc1. The van der Waals surface area contributed by atoms with E-state index >= 15 is 0 Å². The first kappa shape index (κ1) is 24.4. The molecule has 0 bridgehead atoms. The van der Waals surface area contributed by atoms with Crippen LogP contribution >= 0.6 is 0 Å². The minimum absolute atomic E-state index is 0.00672. The van der Waals surface area contributed by atoms with Gasteiger partial charge in [0.15, 0.2) is 0 Å². The summed E-state index contributed by atoms with van der Waals surface area (Å²) in [7, 11) is 0. The third-order valence-corrected chi connectivity index (χ3v) is 6.63. The summed E-state index contributed by atoms with van der Waals surface area (Å²) in [5.74, 6) is 0.504. The number of unbranched alkanes of at least 4 members (excludes halogenated alkanes) is 1. The number of aromatic nitrogens is 7. The molecule has 0 atom stereocenters. The van der Waals surface area contributed by atoms with E-state index in [1.807, 2.05) is 39.6 Å². The van der Waals surface area contributed by atoms with Crippen molar-refractivity contribution in [1.29, 1.82) is 0 Å². The van der Waals surface area contributed by atoms with Crippen molar-refractivity contribution >= 4 is 0 Å². The molecule has 0 radical (unpaired) electrons. The Balaban J connectivity index is 1.48. The molecule has 0 amide bonds. The lowest BCUT2D eigenvalue weighted by atomic mass is 10.00. The van der Waals surface area contributed by atoms with Crippen LogP contribution in [0.3, 0.4) is 0 Å². The normalized spacial score (nSPS) is 11.2. The Hall–Kier alpha value is -4.33. The van der Waals surface area contributed by atoms with E-state index in [1.54, 1.807) is 12.4 Å². The minimum Gasteiger partial charge on any atom is -0.292 e. The minimum atomic E-state index is 0.00672. The van der Waals surface area contributed by atoms with Gasteiger partial charge >= 0.3 is 5.69 Å². The highest BCUT2D eigenvalue weighted by Crippen LogP contribution is 2.29. The van der Waals surface area contributed by atoms with Crippen LogP contribution in [0.25, 0.3) is 28.2 Å². The molecule has 8 heteroatoms. The lowest BCUT2D eigenvalue weighted by Gasteiger charge is -2.10. The van der Waals surface area contributed by atoms with Crippen LogP contribution in [0, 0.1) is 0 Å². The number of imidazole rings is 1. The Morgan fingerprint density at radius 1 is 0.919 bits per heavy atom. The number of H-pyrrole nitrogens is 1. The van der Waals surface area contributed by atoms with E-state index in [2.05, 4.69) is 69.8 Å². The van der Waals surface area contributed by atoms with Gasteiger partial charge in [-0.15, -0.1) is 10.2 Å². The highest BCUT2D eigenvalue weighted by molar-refractivity contribution is 5.79. The van der Waals surface area contributed by atoms with Gasteiger partial charge in [-0.05, 0) is 58.9 Å². The smallest absolute Gasteiger partial charge is 0.292 e. The quantitative estimate of drug-likeness (QED) is 0.288. The summed E-state index contributed by atoms with van der Waals surface area (Å²) in [5, 5.41) is 14.4. The first-order valence-corrected chi connectivity index (χ1v) is 12.9. The predicted octanol–water partition coefficient (Wildman–Crippen LogP) is 5.22. The molecule has 37 heavy (non-hydrogen) atoms. The molecule has 3 aromatic heterocycles. The average Bonchev–Trinajstić information content (AvgIpc) is 3.58. The Bertz CT molecular complexity index is 1510. The predicted molar refractivity (Wildman–Crippen MR) is 145 cm³/mol. The van der Waals surface area contributed by atoms with Gasteiger partial charge in [-0.25, -0.2) is 4.79 Å². The van der Waals surface area contributed by atoms with Crippen LogP contribution in [-0.2, 0) is 19.4 Å². The maximum atomic E-state index is 13.7. The van der Waals surface area contributed by atoms with Crippen molar-refractivity contribution in [3.8, 4) is 28.2 Å². The van der Waals surface area contributed by atoms with Crippen LogP contribution in [0.1, 0.15) is 49.9 Å². The molecule has 2 aromatic carbocycles. The first-order valence-electron chi connectivity index (χ1n) is 12.9. The van der Waals surface area contributed by atoms with Gasteiger partial charge in [-0.2, -0.15) is 5.21 Å². The number of aromatic amines is 1. The Labute approximate surface area is 216 Å². The van der Waals surface area contributed by atoms with Gasteiger partial charge in [0.25, 0.3) is 0 Å². The number of nitrogens with zero attached hydrogens (tertiary/aromatic N) is 6. The summed E-state index contributed by atoms with van der Waals surface area (Å²) in [6, 6.07) is 18.5. The molecule has 1 N–H and O–H groups in total. The molecule has 5 rings (SSSR count). The number of tetrazole rings is 1. The topological polar surface area (TPSA) is 94.3 Å². The molecule has 0 unspecified atom stereocenters. The summed E-state index contributed by atoms with van der Waals surface area (Å²) in [5.41, 5.74) is 7.13. The van der Waals surface area contributed by atoms with Gasteiger partial charge in [-0.1, -0.05) is 69.2 Å². The van der Waals surface area contributed by atoms with Gasteiger partial charge < -0.3 is 0 Å². The molecular weight excluding hydrogens is 462 g/mol. The monoisotopic (exact) mass is 493 g/mol. The third kappa shape index (κ3) is 5.14. The van der Waals surface area contributed by atoms with E-state index in [9.17, 15) is 4.79 Å². The first-order chi connectivity index (χ1) is 18.2. The van der Waals surface area contributed by atoms with Crippen LogP contribution in [0.5, 0.6) is 0 Å². The number of para-hydroxylation sites is 1. The lowest BCUT2D eigenvalue weighted by molar-refractivity contribution is 0.673. The summed E-state index contributed by atoms with van der Waals surface area (Å²) >= 11 is 0. The van der Waals surface area contributed by atoms with Crippen LogP contribution in [0.2, 0.25) is 0 Å². The highest BCUT2D eigenvalue weighted by Gasteiger charge is 2.16. The molecule has 0 saturated heterocycles. The molecule has 0 spiro atoms. The van der Waals surface area contributed by atoms with Crippen LogP contribution in [0.15, 0.2) is 78.0 Å². The van der Waals surface area contributed by atoms with Crippen molar-refractivity contribution in [3.05, 3.63) is 100 Å².